The van der Waals surface area contributed by atoms with Gasteiger partial charge in [-0.05, 0) is 42.0 Å². The summed E-state index contributed by atoms with van der Waals surface area (Å²) in [6.07, 6.45) is 0. The van der Waals surface area contributed by atoms with Gasteiger partial charge in [0.05, 0.1) is 12.2 Å². The smallest absolute Gasteiger partial charge is 0.338 e. The summed E-state index contributed by atoms with van der Waals surface area (Å²) in [7, 11) is 1.58. The Balaban J connectivity index is 1.47. The van der Waals surface area contributed by atoms with E-state index in [2.05, 4.69) is 4.90 Å². The van der Waals surface area contributed by atoms with Crippen molar-refractivity contribution >= 4 is 17.6 Å². The number of anilines is 1. The first kappa shape index (κ1) is 19.8. The maximum atomic E-state index is 13.0. The van der Waals surface area contributed by atoms with Crippen molar-refractivity contribution in [3.05, 3.63) is 65.5 Å². The molecule has 0 aromatic heterocycles. The number of ether oxygens (including phenoxy) is 2. The number of amides is 1. The normalized spacial score (nSPS) is 14.1. The van der Waals surface area contributed by atoms with Crippen LogP contribution in [0.4, 0.5) is 10.1 Å². The Morgan fingerprint density at radius 3 is 2.43 bits per heavy atom. The van der Waals surface area contributed by atoms with E-state index in [-0.39, 0.29) is 18.3 Å². The molecule has 7 heteroatoms. The van der Waals surface area contributed by atoms with Crippen molar-refractivity contribution in [3.63, 3.8) is 0 Å². The molecule has 0 radical (unpaired) electrons. The number of carbonyl (C=O) groups excluding carboxylic acids is 2. The van der Waals surface area contributed by atoms with Crippen molar-refractivity contribution in [2.24, 2.45) is 0 Å². The number of nitrogens with zero attached hydrogens (tertiary/aromatic N) is 2. The van der Waals surface area contributed by atoms with Crippen LogP contribution in [0.1, 0.15) is 15.9 Å². The van der Waals surface area contributed by atoms with E-state index in [0.717, 1.165) is 11.3 Å². The van der Waals surface area contributed by atoms with Crippen LogP contribution in [-0.2, 0) is 20.9 Å². The molecule has 2 aromatic rings. The molecule has 1 aliphatic rings. The fourth-order valence-corrected chi connectivity index (χ4v) is 3.12. The number of esters is 1. The molecule has 3 rings (SSSR count). The van der Waals surface area contributed by atoms with Crippen LogP contribution in [0.5, 0.6) is 0 Å². The number of rotatable bonds is 6. The molecule has 148 valence electrons. The first-order chi connectivity index (χ1) is 13.6. The lowest BCUT2D eigenvalue weighted by Crippen LogP contribution is -2.49. The molecule has 0 bridgehead atoms. The van der Waals surface area contributed by atoms with Crippen LogP contribution in [0.15, 0.2) is 48.5 Å². The first-order valence-electron chi connectivity index (χ1n) is 9.10. The first-order valence-corrected chi connectivity index (χ1v) is 9.10. The fraction of sp³-hybridized carbons (Fsp3) is 0.333. The molecular weight excluding hydrogens is 363 g/mol. The van der Waals surface area contributed by atoms with Gasteiger partial charge in [-0.2, -0.15) is 0 Å². The third-order valence-corrected chi connectivity index (χ3v) is 4.62. The molecule has 1 saturated heterocycles. The Labute approximate surface area is 163 Å². The van der Waals surface area contributed by atoms with Gasteiger partial charge in [-0.25, -0.2) is 9.18 Å². The molecule has 0 atom stereocenters. The highest BCUT2D eigenvalue weighted by atomic mass is 19.1. The minimum absolute atomic E-state index is 0.222. The Morgan fingerprint density at radius 1 is 1.04 bits per heavy atom. The Bertz CT molecular complexity index is 817. The standard InChI is InChI=1S/C21H23FN2O4/c1-27-14-16-3-2-4-17(13-16)21(26)28-15-20(25)24-11-9-23(10-12-24)19-7-5-18(22)6-8-19/h2-8,13H,9-12,14-15H2,1H3. The summed E-state index contributed by atoms with van der Waals surface area (Å²) in [5.74, 6) is -1.02. The summed E-state index contributed by atoms with van der Waals surface area (Å²) in [6, 6.07) is 13.2. The molecule has 6 nitrogen and oxygen atoms in total. The van der Waals surface area contributed by atoms with E-state index >= 15 is 0 Å². The SMILES string of the molecule is COCc1cccc(C(=O)OCC(=O)N2CCN(c3ccc(F)cc3)CC2)c1. The Kier molecular flexibility index (Phi) is 6.60. The number of carbonyl (C=O) groups is 2. The predicted molar refractivity (Wildman–Crippen MR) is 103 cm³/mol. The van der Waals surface area contributed by atoms with Crippen LogP contribution in [0, 0.1) is 5.82 Å². The Morgan fingerprint density at radius 2 is 1.75 bits per heavy atom. The van der Waals surface area contributed by atoms with Crippen molar-refractivity contribution in [2.45, 2.75) is 6.61 Å². The second-order valence-electron chi connectivity index (χ2n) is 6.55. The maximum absolute atomic E-state index is 13.0. The van der Waals surface area contributed by atoms with Crippen molar-refractivity contribution in [1.82, 2.24) is 4.90 Å². The van der Waals surface area contributed by atoms with Gasteiger partial charge in [-0.15, -0.1) is 0 Å². The lowest BCUT2D eigenvalue weighted by molar-refractivity contribution is -0.134. The largest absolute Gasteiger partial charge is 0.452 e. The number of hydrogen-bond donors (Lipinski definition) is 0. The highest BCUT2D eigenvalue weighted by Crippen LogP contribution is 2.17. The molecule has 0 saturated carbocycles. The van der Waals surface area contributed by atoms with Gasteiger partial charge in [0.15, 0.2) is 6.61 Å². The topological polar surface area (TPSA) is 59.1 Å². The molecule has 0 unspecified atom stereocenters. The van der Waals surface area contributed by atoms with E-state index in [1.165, 1.54) is 12.1 Å². The van der Waals surface area contributed by atoms with E-state index in [9.17, 15) is 14.0 Å². The summed E-state index contributed by atoms with van der Waals surface area (Å²) in [4.78, 5) is 28.3. The number of halogens is 1. The van der Waals surface area contributed by atoms with Crippen molar-refractivity contribution in [2.75, 3.05) is 44.8 Å². The summed E-state index contributed by atoms with van der Waals surface area (Å²) >= 11 is 0. The molecule has 28 heavy (non-hydrogen) atoms. The molecule has 1 amide bonds. The zero-order chi connectivity index (χ0) is 19.9. The summed E-state index contributed by atoms with van der Waals surface area (Å²) in [5.41, 5.74) is 2.18. The maximum Gasteiger partial charge on any atom is 0.338 e. The zero-order valence-corrected chi connectivity index (χ0v) is 15.8. The summed E-state index contributed by atoms with van der Waals surface area (Å²) in [6.45, 7) is 2.45. The second kappa shape index (κ2) is 9.32. The van der Waals surface area contributed by atoms with Crippen LogP contribution in [-0.4, -0.2) is 56.7 Å². The number of piperazine rings is 1. The van der Waals surface area contributed by atoms with Gasteiger partial charge in [-0.3, -0.25) is 4.79 Å². The predicted octanol–water partition coefficient (Wildman–Crippen LogP) is 2.48. The Hall–Kier alpha value is -2.93. The minimum atomic E-state index is -0.531. The minimum Gasteiger partial charge on any atom is -0.452 e. The van der Waals surface area contributed by atoms with E-state index < -0.39 is 5.97 Å². The quantitative estimate of drug-likeness (QED) is 0.714. The number of methoxy groups -OCH3 is 1. The van der Waals surface area contributed by atoms with Gasteiger partial charge in [0, 0.05) is 39.0 Å². The van der Waals surface area contributed by atoms with Gasteiger partial charge < -0.3 is 19.3 Å². The zero-order valence-electron chi connectivity index (χ0n) is 15.8. The van der Waals surface area contributed by atoms with Crippen LogP contribution >= 0.6 is 0 Å². The van der Waals surface area contributed by atoms with Crippen LogP contribution < -0.4 is 4.90 Å². The van der Waals surface area contributed by atoms with Crippen LogP contribution in [0.25, 0.3) is 0 Å². The average molecular weight is 386 g/mol. The highest BCUT2D eigenvalue weighted by Gasteiger charge is 2.22. The highest BCUT2D eigenvalue weighted by molar-refractivity contribution is 5.91. The molecule has 0 N–H and O–H groups in total. The number of benzene rings is 2. The fourth-order valence-electron chi connectivity index (χ4n) is 3.12. The lowest BCUT2D eigenvalue weighted by atomic mass is 10.1. The van der Waals surface area contributed by atoms with E-state index in [4.69, 9.17) is 9.47 Å². The van der Waals surface area contributed by atoms with Crippen molar-refractivity contribution in [1.29, 1.82) is 0 Å². The van der Waals surface area contributed by atoms with Gasteiger partial charge in [0.25, 0.3) is 5.91 Å². The number of hydrogen-bond acceptors (Lipinski definition) is 5. The van der Waals surface area contributed by atoms with Gasteiger partial charge in [0.1, 0.15) is 5.82 Å². The second-order valence-corrected chi connectivity index (χ2v) is 6.55. The molecule has 1 heterocycles. The van der Waals surface area contributed by atoms with E-state index in [1.807, 2.05) is 6.07 Å². The van der Waals surface area contributed by atoms with Crippen LogP contribution in [0.2, 0.25) is 0 Å². The van der Waals surface area contributed by atoms with Crippen molar-refractivity contribution in [3.8, 4) is 0 Å². The van der Waals surface area contributed by atoms with Gasteiger partial charge in [-0.1, -0.05) is 12.1 Å². The third-order valence-electron chi connectivity index (χ3n) is 4.62. The monoisotopic (exact) mass is 386 g/mol. The molecular formula is C21H23FN2O4. The van der Waals surface area contributed by atoms with Crippen LogP contribution in [0.3, 0.4) is 0 Å². The molecule has 1 fully saturated rings. The summed E-state index contributed by atoms with van der Waals surface area (Å²) in [5, 5.41) is 0. The van der Waals surface area contributed by atoms with Gasteiger partial charge >= 0.3 is 5.97 Å². The molecule has 2 aromatic carbocycles. The molecule has 0 spiro atoms. The van der Waals surface area contributed by atoms with E-state index in [1.54, 1.807) is 42.3 Å². The van der Waals surface area contributed by atoms with E-state index in [0.29, 0.717) is 38.3 Å². The third kappa shape index (κ3) is 5.07. The average Bonchev–Trinajstić information content (AvgIpc) is 2.73. The van der Waals surface area contributed by atoms with Crippen molar-refractivity contribution < 1.29 is 23.5 Å². The molecule has 0 aliphatic carbocycles. The lowest BCUT2D eigenvalue weighted by Gasteiger charge is -2.36. The molecule has 1 aliphatic heterocycles. The van der Waals surface area contributed by atoms with Gasteiger partial charge in [0.2, 0.25) is 0 Å². The summed E-state index contributed by atoms with van der Waals surface area (Å²) < 4.78 is 23.3.